The van der Waals surface area contributed by atoms with E-state index in [1.807, 2.05) is 0 Å². The van der Waals surface area contributed by atoms with Gasteiger partial charge in [-0.15, -0.1) is 0 Å². The highest BCUT2D eigenvalue weighted by Crippen LogP contribution is 2.22. The zero-order valence-electron chi connectivity index (χ0n) is 9.41. The van der Waals surface area contributed by atoms with Gasteiger partial charge in [-0.25, -0.2) is 8.78 Å². The van der Waals surface area contributed by atoms with Crippen molar-refractivity contribution in [3.63, 3.8) is 0 Å². The Morgan fingerprint density at radius 1 is 1.00 bits per heavy atom. The van der Waals surface area contributed by atoms with Crippen LogP contribution >= 0.6 is 23.2 Å². The van der Waals surface area contributed by atoms with Gasteiger partial charge in [-0.3, -0.25) is 0 Å². The van der Waals surface area contributed by atoms with Crippen molar-refractivity contribution in [1.29, 1.82) is 0 Å². The van der Waals surface area contributed by atoms with E-state index in [0.29, 0.717) is 15.6 Å². The maximum absolute atomic E-state index is 12.9. The van der Waals surface area contributed by atoms with Crippen molar-refractivity contribution in [2.45, 2.75) is 0 Å². The molecule has 6 heteroatoms. The molecule has 0 saturated carbocycles. The van der Waals surface area contributed by atoms with Gasteiger partial charge in [0.05, 0.1) is 16.3 Å². The zero-order chi connectivity index (χ0) is 13.8. The van der Waals surface area contributed by atoms with Crippen LogP contribution in [0.1, 0.15) is 5.56 Å². The molecule has 19 heavy (non-hydrogen) atoms. The average Bonchev–Trinajstić information content (AvgIpc) is 2.32. The molecule has 0 atom stereocenters. The average molecular weight is 302 g/mol. The van der Waals surface area contributed by atoms with E-state index in [2.05, 4.69) is 5.16 Å². The molecule has 0 amide bonds. The van der Waals surface area contributed by atoms with E-state index in [4.69, 9.17) is 28.0 Å². The standard InChI is InChI=1S/C13H7Cl2F2NO/c14-12-2-1-3-13(15)11(12)7-18-19-10-5-8(16)4-9(17)6-10/h1-7H/b18-7+. The van der Waals surface area contributed by atoms with Crippen LogP contribution in [0.3, 0.4) is 0 Å². The molecule has 2 aromatic carbocycles. The van der Waals surface area contributed by atoms with Crippen LogP contribution in [0, 0.1) is 11.6 Å². The van der Waals surface area contributed by atoms with Crippen LogP contribution in [-0.4, -0.2) is 6.21 Å². The second kappa shape index (κ2) is 5.99. The molecule has 0 heterocycles. The largest absolute Gasteiger partial charge is 0.357 e. The number of oxime groups is 1. The van der Waals surface area contributed by atoms with Crippen LogP contribution in [0.5, 0.6) is 5.75 Å². The number of rotatable bonds is 3. The molecule has 2 nitrogen and oxygen atoms in total. The van der Waals surface area contributed by atoms with Gasteiger partial charge in [-0.05, 0) is 12.1 Å². The summed E-state index contributed by atoms with van der Waals surface area (Å²) >= 11 is 11.8. The van der Waals surface area contributed by atoms with Gasteiger partial charge >= 0.3 is 0 Å². The third kappa shape index (κ3) is 3.66. The number of hydrogen-bond donors (Lipinski definition) is 0. The number of halogens is 4. The summed E-state index contributed by atoms with van der Waals surface area (Å²) < 4.78 is 25.8. The zero-order valence-corrected chi connectivity index (χ0v) is 10.9. The van der Waals surface area contributed by atoms with Crippen molar-refractivity contribution in [3.8, 4) is 5.75 Å². The third-order valence-corrected chi connectivity index (χ3v) is 2.83. The summed E-state index contributed by atoms with van der Waals surface area (Å²) in [6.45, 7) is 0. The van der Waals surface area contributed by atoms with Gasteiger partial charge in [-0.1, -0.05) is 34.4 Å². The fourth-order valence-electron chi connectivity index (χ4n) is 1.36. The molecule has 0 unspecified atom stereocenters. The van der Waals surface area contributed by atoms with Gasteiger partial charge < -0.3 is 4.84 Å². The number of hydrogen-bond acceptors (Lipinski definition) is 2. The van der Waals surface area contributed by atoms with Gasteiger partial charge in [-0.2, -0.15) is 0 Å². The minimum Gasteiger partial charge on any atom is -0.357 e. The summed E-state index contributed by atoms with van der Waals surface area (Å²) in [7, 11) is 0. The molecular formula is C13H7Cl2F2NO. The van der Waals surface area contributed by atoms with E-state index in [1.54, 1.807) is 18.2 Å². The Kier molecular flexibility index (Phi) is 4.35. The van der Waals surface area contributed by atoms with Gasteiger partial charge in [0.1, 0.15) is 11.6 Å². The Balaban J connectivity index is 2.16. The van der Waals surface area contributed by atoms with E-state index in [-0.39, 0.29) is 5.75 Å². The van der Waals surface area contributed by atoms with Crippen LogP contribution in [0.15, 0.2) is 41.6 Å². The van der Waals surface area contributed by atoms with E-state index < -0.39 is 11.6 Å². The van der Waals surface area contributed by atoms with Gasteiger partial charge in [0, 0.05) is 23.8 Å². The third-order valence-electron chi connectivity index (χ3n) is 2.18. The van der Waals surface area contributed by atoms with Crippen molar-refractivity contribution >= 4 is 29.4 Å². The maximum Gasteiger partial charge on any atom is 0.163 e. The molecule has 0 aromatic heterocycles. The first-order chi connectivity index (χ1) is 9.06. The first-order valence-electron chi connectivity index (χ1n) is 5.17. The van der Waals surface area contributed by atoms with Crippen LogP contribution in [0.25, 0.3) is 0 Å². The monoisotopic (exact) mass is 301 g/mol. The SMILES string of the molecule is Fc1cc(F)cc(O/N=C/c2c(Cl)cccc2Cl)c1. The highest BCUT2D eigenvalue weighted by Gasteiger charge is 2.03. The van der Waals surface area contributed by atoms with E-state index in [9.17, 15) is 8.78 Å². The van der Waals surface area contributed by atoms with Crippen molar-refractivity contribution in [2.24, 2.45) is 5.16 Å². The predicted octanol–water partition coefficient (Wildman–Crippen LogP) is 4.68. The summed E-state index contributed by atoms with van der Waals surface area (Å²) in [5, 5.41) is 4.38. The summed E-state index contributed by atoms with van der Waals surface area (Å²) in [5.74, 6) is -1.56. The van der Waals surface area contributed by atoms with Crippen molar-refractivity contribution in [1.82, 2.24) is 0 Å². The van der Waals surface area contributed by atoms with Crippen molar-refractivity contribution in [3.05, 3.63) is 63.6 Å². The highest BCUT2D eigenvalue weighted by atomic mass is 35.5. The van der Waals surface area contributed by atoms with Crippen LogP contribution in [-0.2, 0) is 0 Å². The van der Waals surface area contributed by atoms with Crippen LogP contribution < -0.4 is 4.84 Å². The van der Waals surface area contributed by atoms with Gasteiger partial charge in [0.15, 0.2) is 5.75 Å². The second-order valence-corrected chi connectivity index (χ2v) is 4.38. The topological polar surface area (TPSA) is 21.6 Å². The van der Waals surface area contributed by atoms with Crippen LogP contribution in [0.4, 0.5) is 8.78 Å². The first-order valence-corrected chi connectivity index (χ1v) is 5.92. The van der Waals surface area contributed by atoms with E-state index in [1.165, 1.54) is 6.21 Å². The molecule has 98 valence electrons. The molecule has 0 N–H and O–H groups in total. The number of benzene rings is 2. The Bertz CT molecular complexity index is 592. The van der Waals surface area contributed by atoms with Crippen LogP contribution in [0.2, 0.25) is 10.0 Å². The molecule has 2 aromatic rings. The second-order valence-electron chi connectivity index (χ2n) is 3.57. The summed E-state index contributed by atoms with van der Waals surface area (Å²) in [6.07, 6.45) is 1.27. The lowest BCUT2D eigenvalue weighted by Gasteiger charge is -2.01. The Labute approximate surface area is 118 Å². The summed E-state index contributed by atoms with van der Waals surface area (Å²) in [4.78, 5) is 4.85. The molecule has 0 radical (unpaired) electrons. The molecule has 0 spiro atoms. The van der Waals surface area contributed by atoms with Crippen molar-refractivity contribution < 1.29 is 13.6 Å². The molecular weight excluding hydrogens is 295 g/mol. The smallest absolute Gasteiger partial charge is 0.163 e. The molecule has 0 fully saturated rings. The first kappa shape index (κ1) is 13.8. The summed E-state index contributed by atoms with van der Waals surface area (Å²) in [6, 6.07) is 7.71. The Morgan fingerprint density at radius 3 is 2.16 bits per heavy atom. The Morgan fingerprint density at radius 2 is 1.58 bits per heavy atom. The minimum atomic E-state index is -0.749. The lowest BCUT2D eigenvalue weighted by Crippen LogP contribution is -1.90. The molecule has 0 aliphatic carbocycles. The van der Waals surface area contributed by atoms with E-state index >= 15 is 0 Å². The van der Waals surface area contributed by atoms with Gasteiger partial charge in [0.25, 0.3) is 0 Å². The molecule has 0 saturated heterocycles. The van der Waals surface area contributed by atoms with E-state index in [0.717, 1.165) is 18.2 Å². The molecule has 0 bridgehead atoms. The fraction of sp³-hybridized carbons (Fsp3) is 0. The lowest BCUT2D eigenvalue weighted by molar-refractivity contribution is 0.339. The predicted molar refractivity (Wildman–Crippen MR) is 71.0 cm³/mol. The van der Waals surface area contributed by atoms with Crippen molar-refractivity contribution in [2.75, 3.05) is 0 Å². The van der Waals surface area contributed by atoms with Gasteiger partial charge in [0.2, 0.25) is 0 Å². The quantitative estimate of drug-likeness (QED) is 0.595. The maximum atomic E-state index is 12.9. The lowest BCUT2D eigenvalue weighted by atomic mass is 10.2. The number of nitrogens with zero attached hydrogens (tertiary/aromatic N) is 1. The normalized spacial score (nSPS) is 10.9. The summed E-state index contributed by atoms with van der Waals surface area (Å²) in [5.41, 5.74) is 0.461. The Hall–Kier alpha value is -1.65. The minimum absolute atomic E-state index is 0.0584. The molecule has 0 aliphatic rings. The fourth-order valence-corrected chi connectivity index (χ4v) is 1.85. The molecule has 0 aliphatic heterocycles. The molecule has 2 rings (SSSR count). The highest BCUT2D eigenvalue weighted by molar-refractivity contribution is 6.38.